The quantitative estimate of drug-likeness (QED) is 0.828. The summed E-state index contributed by atoms with van der Waals surface area (Å²) in [6, 6.07) is 6.22. The number of anilines is 1. The van der Waals surface area contributed by atoms with Crippen LogP contribution >= 0.6 is 11.6 Å². The number of hydrogen-bond donors (Lipinski definition) is 1. The van der Waals surface area contributed by atoms with Crippen molar-refractivity contribution in [3.05, 3.63) is 45.9 Å². The number of benzene rings is 1. The van der Waals surface area contributed by atoms with Crippen LogP contribution < -0.4 is 9.64 Å². The van der Waals surface area contributed by atoms with E-state index in [1.165, 1.54) is 11.1 Å². The molecule has 4 rings (SSSR count). The molecule has 0 spiro atoms. The van der Waals surface area contributed by atoms with Crippen LogP contribution in [0.5, 0.6) is 5.75 Å². The minimum absolute atomic E-state index is 0.182. The van der Waals surface area contributed by atoms with Crippen molar-refractivity contribution in [2.45, 2.75) is 45.7 Å². The fourth-order valence-corrected chi connectivity index (χ4v) is 3.68. The lowest BCUT2D eigenvalue weighted by atomic mass is 10.1. The van der Waals surface area contributed by atoms with E-state index in [1.54, 1.807) is 0 Å². The summed E-state index contributed by atoms with van der Waals surface area (Å²) in [6.07, 6.45) is 1.99. The third-order valence-corrected chi connectivity index (χ3v) is 5.35. The number of hydrogen-bond acceptors (Lipinski definition) is 6. The molecule has 0 unspecified atom stereocenters. The lowest BCUT2D eigenvalue weighted by Crippen LogP contribution is -2.39. The average Bonchev–Trinajstić information content (AvgIpc) is 3.12. The third-order valence-electron chi connectivity index (χ3n) is 4.99. The van der Waals surface area contributed by atoms with E-state index in [0.29, 0.717) is 24.2 Å². The number of rotatable bonds is 4. The molecule has 0 atom stereocenters. The molecule has 138 valence electrons. The number of halogens is 1. The van der Waals surface area contributed by atoms with Gasteiger partial charge in [-0.25, -0.2) is 9.97 Å². The molecule has 1 fully saturated rings. The summed E-state index contributed by atoms with van der Waals surface area (Å²) in [6.45, 7) is 4.73. The van der Waals surface area contributed by atoms with E-state index in [-0.39, 0.29) is 12.7 Å². The fraction of sp³-hybridized carbons (Fsp3) is 0.474. The van der Waals surface area contributed by atoms with Crippen LogP contribution in [0.25, 0.3) is 0 Å². The zero-order chi connectivity index (χ0) is 18.1. The predicted octanol–water partition coefficient (Wildman–Crippen LogP) is 3.01. The van der Waals surface area contributed by atoms with E-state index in [0.717, 1.165) is 43.1 Å². The number of aromatic nitrogens is 2. The molecule has 2 aliphatic heterocycles. The van der Waals surface area contributed by atoms with E-state index in [2.05, 4.69) is 27.0 Å². The smallest absolute Gasteiger partial charge is 0.157 e. The van der Waals surface area contributed by atoms with Gasteiger partial charge in [0.25, 0.3) is 0 Å². The molecule has 0 radical (unpaired) electrons. The second kappa shape index (κ2) is 7.39. The second-order valence-corrected chi connectivity index (χ2v) is 7.12. The van der Waals surface area contributed by atoms with Gasteiger partial charge in [-0.1, -0.05) is 17.7 Å². The molecule has 7 heteroatoms. The maximum absolute atomic E-state index is 9.32. The molecular formula is C19H22ClN3O3. The lowest BCUT2D eigenvalue weighted by molar-refractivity contribution is 0.134. The third kappa shape index (κ3) is 3.49. The Kier molecular flexibility index (Phi) is 4.98. The van der Waals surface area contributed by atoms with Crippen molar-refractivity contribution < 1.29 is 14.6 Å². The summed E-state index contributed by atoms with van der Waals surface area (Å²) in [5.74, 6) is 2.08. The van der Waals surface area contributed by atoms with Gasteiger partial charge >= 0.3 is 0 Å². The maximum atomic E-state index is 9.32. The first-order chi connectivity index (χ1) is 12.6. The highest BCUT2D eigenvalue weighted by molar-refractivity contribution is 6.30. The summed E-state index contributed by atoms with van der Waals surface area (Å²) in [5.41, 5.74) is 3.33. The number of aliphatic hydroxyl groups excluding tert-OH is 1. The largest absolute Gasteiger partial charge is 0.490 e. The van der Waals surface area contributed by atoms with Crippen LogP contribution in [-0.2, 0) is 24.6 Å². The zero-order valence-corrected chi connectivity index (χ0v) is 15.5. The molecule has 0 amide bonds. The predicted molar refractivity (Wildman–Crippen MR) is 98.5 cm³/mol. The monoisotopic (exact) mass is 375 g/mol. The molecule has 3 heterocycles. The minimum Gasteiger partial charge on any atom is -0.490 e. The molecule has 1 saturated heterocycles. The molecule has 1 aromatic heterocycles. The molecule has 6 nitrogen and oxygen atoms in total. The van der Waals surface area contributed by atoms with Crippen molar-refractivity contribution in [3.8, 4) is 5.75 Å². The number of aliphatic hydroxyl groups is 1. The van der Waals surface area contributed by atoms with Crippen molar-refractivity contribution >= 4 is 17.4 Å². The van der Waals surface area contributed by atoms with Crippen molar-refractivity contribution in [3.63, 3.8) is 0 Å². The molecule has 0 aliphatic carbocycles. The molecule has 1 N–H and O–H groups in total. The van der Waals surface area contributed by atoms with Gasteiger partial charge in [0.1, 0.15) is 29.4 Å². The van der Waals surface area contributed by atoms with Crippen molar-refractivity contribution in [2.24, 2.45) is 0 Å². The van der Waals surface area contributed by atoms with Gasteiger partial charge in [-0.2, -0.15) is 0 Å². The average molecular weight is 376 g/mol. The van der Waals surface area contributed by atoms with Gasteiger partial charge in [-0.05, 0) is 30.2 Å². The Morgan fingerprint density at radius 3 is 2.77 bits per heavy atom. The second-order valence-electron chi connectivity index (χ2n) is 6.76. The molecular weight excluding hydrogens is 354 g/mol. The molecule has 0 bridgehead atoms. The Morgan fingerprint density at radius 2 is 2.00 bits per heavy atom. The van der Waals surface area contributed by atoms with Gasteiger partial charge in [0.05, 0.1) is 13.2 Å². The van der Waals surface area contributed by atoms with Crippen molar-refractivity contribution in [1.82, 2.24) is 9.97 Å². The number of piperidine rings is 1. The van der Waals surface area contributed by atoms with Crippen LogP contribution in [0.3, 0.4) is 0 Å². The summed E-state index contributed by atoms with van der Waals surface area (Å²) in [4.78, 5) is 10.7. The van der Waals surface area contributed by atoms with E-state index in [9.17, 15) is 5.11 Å². The first-order valence-electron chi connectivity index (χ1n) is 8.89. The van der Waals surface area contributed by atoms with E-state index in [1.807, 2.05) is 13.0 Å². The minimum atomic E-state index is -0.214. The topological polar surface area (TPSA) is 67.7 Å². The van der Waals surface area contributed by atoms with Crippen LogP contribution in [-0.4, -0.2) is 34.3 Å². The Labute approximate surface area is 157 Å². The van der Waals surface area contributed by atoms with Gasteiger partial charge < -0.3 is 19.5 Å². The van der Waals surface area contributed by atoms with Crippen molar-refractivity contribution in [1.29, 1.82) is 0 Å². The van der Waals surface area contributed by atoms with Crippen LogP contribution in [0.4, 0.5) is 5.82 Å². The van der Waals surface area contributed by atoms with E-state index < -0.39 is 0 Å². The Morgan fingerprint density at radius 1 is 1.23 bits per heavy atom. The fourth-order valence-electron chi connectivity index (χ4n) is 3.50. The molecule has 2 aliphatic rings. The van der Waals surface area contributed by atoms with E-state index >= 15 is 0 Å². The zero-order valence-electron chi connectivity index (χ0n) is 14.7. The standard InChI is InChI=1S/C19H22ClN3O3/c1-12-18(20)21-17(9-24)22-19(12)23-6-4-15(5-7-23)26-16-3-2-13-10-25-11-14(13)8-16/h2-3,8,15,24H,4-7,9-11H2,1H3. The van der Waals surface area contributed by atoms with Crippen molar-refractivity contribution in [2.75, 3.05) is 18.0 Å². The molecule has 0 saturated carbocycles. The molecule has 26 heavy (non-hydrogen) atoms. The number of fused-ring (bicyclic) bond motifs is 1. The van der Waals surface area contributed by atoms with Gasteiger partial charge in [-0.15, -0.1) is 0 Å². The Hall–Kier alpha value is -1.89. The number of nitrogens with zero attached hydrogens (tertiary/aromatic N) is 3. The summed E-state index contributed by atoms with van der Waals surface area (Å²) < 4.78 is 11.6. The van der Waals surface area contributed by atoms with Gasteiger partial charge in [0, 0.05) is 31.5 Å². The summed E-state index contributed by atoms with van der Waals surface area (Å²) in [5, 5.41) is 9.72. The Balaban J connectivity index is 1.41. The van der Waals surface area contributed by atoms with Gasteiger partial charge in [0.2, 0.25) is 0 Å². The van der Waals surface area contributed by atoms with Crippen LogP contribution in [0.1, 0.15) is 35.4 Å². The number of ether oxygens (including phenoxy) is 2. The SMILES string of the molecule is Cc1c(Cl)nc(CO)nc1N1CCC(Oc2ccc3c(c2)COC3)CC1. The van der Waals surface area contributed by atoms with Crippen LogP contribution in [0, 0.1) is 6.92 Å². The molecule has 2 aromatic rings. The normalized spacial score (nSPS) is 17.4. The highest BCUT2D eigenvalue weighted by Crippen LogP contribution is 2.29. The highest BCUT2D eigenvalue weighted by Gasteiger charge is 2.24. The van der Waals surface area contributed by atoms with Gasteiger partial charge in [0.15, 0.2) is 5.82 Å². The van der Waals surface area contributed by atoms with Crippen LogP contribution in [0.15, 0.2) is 18.2 Å². The lowest BCUT2D eigenvalue weighted by Gasteiger charge is -2.34. The Bertz CT molecular complexity index is 807. The van der Waals surface area contributed by atoms with Gasteiger partial charge in [-0.3, -0.25) is 0 Å². The first kappa shape index (κ1) is 17.5. The highest BCUT2D eigenvalue weighted by atomic mass is 35.5. The van der Waals surface area contributed by atoms with Crippen LogP contribution in [0.2, 0.25) is 5.15 Å². The first-order valence-corrected chi connectivity index (χ1v) is 9.27. The maximum Gasteiger partial charge on any atom is 0.157 e. The summed E-state index contributed by atoms with van der Waals surface area (Å²) in [7, 11) is 0. The van der Waals surface area contributed by atoms with E-state index in [4.69, 9.17) is 21.1 Å². The molecule has 1 aromatic carbocycles. The summed E-state index contributed by atoms with van der Waals surface area (Å²) >= 11 is 6.18.